The van der Waals surface area contributed by atoms with Crippen LogP contribution in [-0.2, 0) is 23.1 Å². The largest absolute Gasteiger partial charge is 0.374 e. The Balaban J connectivity index is 1.26. The second kappa shape index (κ2) is 10.6. The van der Waals surface area contributed by atoms with Crippen molar-refractivity contribution in [2.24, 2.45) is 7.05 Å². The molecule has 0 aliphatic carbocycles. The van der Waals surface area contributed by atoms with Crippen LogP contribution in [0.4, 0.5) is 8.78 Å². The summed E-state index contributed by atoms with van der Waals surface area (Å²) in [6.45, 7) is 3.98. The zero-order valence-electron chi connectivity index (χ0n) is 21.1. The highest BCUT2D eigenvalue weighted by atomic mass is 19.3. The molecule has 0 N–H and O–H groups in total. The number of pyridine rings is 1. The molecule has 5 rings (SSSR count). The molecule has 1 aromatic carbocycles. The van der Waals surface area contributed by atoms with Gasteiger partial charge in [0.05, 0.1) is 30.5 Å². The molecular formula is C26H30F2N6O3. The summed E-state index contributed by atoms with van der Waals surface area (Å²) in [6, 6.07) is 9.80. The molecule has 4 aromatic rings. The number of nitrogens with zero attached hydrogens (tertiary/aromatic N) is 6. The summed E-state index contributed by atoms with van der Waals surface area (Å²) in [5.41, 5.74) is 4.64. The molecule has 1 atom stereocenters. The summed E-state index contributed by atoms with van der Waals surface area (Å²) in [7, 11) is 1.71. The molecule has 0 unspecified atom stereocenters. The second-order valence-corrected chi connectivity index (χ2v) is 9.61. The van der Waals surface area contributed by atoms with Gasteiger partial charge in [0, 0.05) is 49.9 Å². The molecule has 1 aliphatic rings. The van der Waals surface area contributed by atoms with Gasteiger partial charge in [-0.25, -0.2) is 4.79 Å². The fourth-order valence-electron chi connectivity index (χ4n) is 4.86. The predicted octanol–water partition coefficient (Wildman–Crippen LogP) is 3.76. The SMILES string of the molecule is CC(C)n1c(=O)n(C)c2nnc3ccc(-c4ccc(COCCN5CC[C@@H](OC(F)F)C5)nc4)cc3c21. The molecule has 0 saturated carbocycles. The lowest BCUT2D eigenvalue weighted by Gasteiger charge is -2.16. The van der Waals surface area contributed by atoms with Crippen molar-refractivity contribution in [1.29, 1.82) is 0 Å². The Labute approximate surface area is 212 Å². The normalized spacial score (nSPS) is 16.7. The molecule has 11 heteroatoms. The van der Waals surface area contributed by atoms with E-state index in [1.807, 2.05) is 44.2 Å². The van der Waals surface area contributed by atoms with Gasteiger partial charge in [-0.15, -0.1) is 10.2 Å². The first kappa shape index (κ1) is 25.4. The number of imidazole rings is 1. The minimum atomic E-state index is -2.72. The average molecular weight is 513 g/mol. The molecule has 196 valence electrons. The number of benzene rings is 1. The third-order valence-electron chi connectivity index (χ3n) is 6.77. The maximum atomic E-state index is 12.8. The molecule has 1 saturated heterocycles. The van der Waals surface area contributed by atoms with E-state index in [1.165, 1.54) is 4.57 Å². The van der Waals surface area contributed by atoms with Crippen molar-refractivity contribution in [2.75, 3.05) is 26.2 Å². The first-order valence-electron chi connectivity index (χ1n) is 12.4. The van der Waals surface area contributed by atoms with Gasteiger partial charge in [-0.1, -0.05) is 12.1 Å². The molecule has 0 bridgehead atoms. The number of aromatic nitrogens is 5. The number of hydrogen-bond acceptors (Lipinski definition) is 7. The zero-order valence-corrected chi connectivity index (χ0v) is 21.1. The van der Waals surface area contributed by atoms with Gasteiger partial charge in [0.15, 0.2) is 5.65 Å². The van der Waals surface area contributed by atoms with Gasteiger partial charge in [0.2, 0.25) is 0 Å². The summed E-state index contributed by atoms with van der Waals surface area (Å²) < 4.78 is 38.3. The number of aryl methyl sites for hydroxylation is 1. The van der Waals surface area contributed by atoms with Crippen LogP contribution in [0.2, 0.25) is 0 Å². The first-order chi connectivity index (χ1) is 17.8. The molecule has 4 heterocycles. The quantitative estimate of drug-likeness (QED) is 0.316. The molecular weight excluding hydrogens is 482 g/mol. The van der Waals surface area contributed by atoms with Gasteiger partial charge in [0.1, 0.15) is 5.52 Å². The maximum Gasteiger partial charge on any atom is 0.345 e. The van der Waals surface area contributed by atoms with E-state index < -0.39 is 12.7 Å². The number of ether oxygens (including phenoxy) is 2. The Hall–Kier alpha value is -3.28. The summed E-state index contributed by atoms with van der Waals surface area (Å²) in [5, 5.41) is 9.48. The zero-order chi connectivity index (χ0) is 26.1. The highest BCUT2D eigenvalue weighted by molar-refractivity contribution is 6.02. The Morgan fingerprint density at radius 3 is 2.68 bits per heavy atom. The van der Waals surface area contributed by atoms with Crippen LogP contribution in [0.5, 0.6) is 0 Å². The van der Waals surface area contributed by atoms with Crippen LogP contribution in [0.3, 0.4) is 0 Å². The summed E-state index contributed by atoms with van der Waals surface area (Å²) >= 11 is 0. The number of alkyl halides is 2. The van der Waals surface area contributed by atoms with E-state index in [0.29, 0.717) is 38.4 Å². The van der Waals surface area contributed by atoms with E-state index >= 15 is 0 Å². The smallest absolute Gasteiger partial charge is 0.345 e. The third kappa shape index (κ3) is 5.25. The van der Waals surface area contributed by atoms with E-state index in [-0.39, 0.29) is 11.7 Å². The van der Waals surface area contributed by atoms with E-state index in [1.54, 1.807) is 17.8 Å². The van der Waals surface area contributed by atoms with Crippen molar-refractivity contribution in [1.82, 2.24) is 29.2 Å². The van der Waals surface area contributed by atoms with Crippen LogP contribution in [0.1, 0.15) is 32.0 Å². The van der Waals surface area contributed by atoms with Crippen LogP contribution in [-0.4, -0.2) is 68.2 Å². The predicted molar refractivity (Wildman–Crippen MR) is 135 cm³/mol. The summed E-state index contributed by atoms with van der Waals surface area (Å²) in [4.78, 5) is 19.4. The van der Waals surface area contributed by atoms with Crippen molar-refractivity contribution >= 4 is 22.1 Å². The Morgan fingerprint density at radius 2 is 1.95 bits per heavy atom. The van der Waals surface area contributed by atoms with Crippen molar-refractivity contribution in [2.45, 2.75) is 45.6 Å². The Kier molecular flexibility index (Phi) is 7.27. The highest BCUT2D eigenvalue weighted by Crippen LogP contribution is 2.28. The van der Waals surface area contributed by atoms with Gasteiger partial charge in [-0.2, -0.15) is 8.78 Å². The number of hydrogen-bond donors (Lipinski definition) is 0. The van der Waals surface area contributed by atoms with Crippen molar-refractivity contribution < 1.29 is 18.3 Å². The number of fused-ring (bicyclic) bond motifs is 3. The molecule has 9 nitrogen and oxygen atoms in total. The molecule has 1 fully saturated rings. The van der Waals surface area contributed by atoms with Gasteiger partial charge < -0.3 is 9.47 Å². The lowest BCUT2D eigenvalue weighted by Crippen LogP contribution is -2.27. The Morgan fingerprint density at radius 1 is 1.14 bits per heavy atom. The van der Waals surface area contributed by atoms with Gasteiger partial charge in [0.25, 0.3) is 0 Å². The lowest BCUT2D eigenvalue weighted by atomic mass is 10.0. The topological polar surface area (TPSA) is 87.3 Å². The van der Waals surface area contributed by atoms with E-state index in [2.05, 4.69) is 24.8 Å². The number of rotatable bonds is 9. The fourth-order valence-corrected chi connectivity index (χ4v) is 4.86. The molecule has 3 aromatic heterocycles. The summed E-state index contributed by atoms with van der Waals surface area (Å²) in [6.07, 6.45) is 2.01. The van der Waals surface area contributed by atoms with E-state index in [4.69, 9.17) is 4.74 Å². The fraction of sp³-hybridized carbons (Fsp3) is 0.462. The second-order valence-electron chi connectivity index (χ2n) is 9.61. The Bertz CT molecular complexity index is 1450. The number of likely N-dealkylation sites (tertiary alicyclic amines) is 1. The lowest BCUT2D eigenvalue weighted by molar-refractivity contribution is -0.158. The monoisotopic (exact) mass is 512 g/mol. The number of halogens is 2. The minimum absolute atomic E-state index is 0.0222. The molecule has 37 heavy (non-hydrogen) atoms. The van der Waals surface area contributed by atoms with Gasteiger partial charge >= 0.3 is 12.3 Å². The summed E-state index contributed by atoms with van der Waals surface area (Å²) in [5.74, 6) is 0. The molecule has 0 radical (unpaired) electrons. The first-order valence-corrected chi connectivity index (χ1v) is 12.4. The van der Waals surface area contributed by atoms with Crippen molar-refractivity contribution in [3.8, 4) is 11.1 Å². The standard InChI is InChI=1S/C26H30F2N6O3/c1-16(2)34-23-21-12-17(5-7-22(21)30-31-24(23)32(3)26(34)35)18-4-6-19(29-13-18)15-36-11-10-33-9-8-20(14-33)37-25(27)28/h4-7,12-13,16,20,25H,8-11,14-15H2,1-3H3/t20-/m1/s1. The van der Waals surface area contributed by atoms with Crippen molar-refractivity contribution in [3.63, 3.8) is 0 Å². The van der Waals surface area contributed by atoms with E-state index in [0.717, 1.165) is 39.8 Å². The van der Waals surface area contributed by atoms with Crippen LogP contribution >= 0.6 is 0 Å². The van der Waals surface area contributed by atoms with Crippen molar-refractivity contribution in [3.05, 3.63) is 52.7 Å². The minimum Gasteiger partial charge on any atom is -0.374 e. The van der Waals surface area contributed by atoms with Crippen LogP contribution < -0.4 is 5.69 Å². The van der Waals surface area contributed by atoms with Gasteiger partial charge in [-0.3, -0.25) is 19.0 Å². The van der Waals surface area contributed by atoms with Crippen LogP contribution in [0.25, 0.3) is 33.2 Å². The third-order valence-corrected chi connectivity index (χ3v) is 6.77. The van der Waals surface area contributed by atoms with Crippen LogP contribution in [0, 0.1) is 0 Å². The average Bonchev–Trinajstić information content (AvgIpc) is 3.43. The van der Waals surface area contributed by atoms with E-state index in [9.17, 15) is 13.6 Å². The van der Waals surface area contributed by atoms with Gasteiger partial charge in [-0.05, 0) is 44.0 Å². The molecule has 0 spiro atoms. The maximum absolute atomic E-state index is 12.8. The molecule has 0 amide bonds. The highest BCUT2D eigenvalue weighted by Gasteiger charge is 2.25. The molecule has 1 aliphatic heterocycles. The van der Waals surface area contributed by atoms with Crippen LogP contribution in [0.15, 0.2) is 41.3 Å².